The highest BCUT2D eigenvalue weighted by Crippen LogP contribution is 2.19. The number of hydrogen-bond acceptors (Lipinski definition) is 7. The Morgan fingerprint density at radius 3 is 2.59 bits per heavy atom. The predicted octanol–water partition coefficient (Wildman–Crippen LogP) is 1.32. The molecule has 0 aliphatic carbocycles. The molecule has 1 fully saturated rings. The van der Waals surface area contributed by atoms with E-state index >= 15 is 0 Å². The van der Waals surface area contributed by atoms with Gasteiger partial charge in [-0.25, -0.2) is 4.98 Å². The summed E-state index contributed by atoms with van der Waals surface area (Å²) in [5, 5.41) is 8.30. The van der Waals surface area contributed by atoms with Crippen molar-refractivity contribution < 1.29 is 4.79 Å². The molecule has 1 amide bonds. The Hall–Kier alpha value is -2.00. The van der Waals surface area contributed by atoms with Crippen LogP contribution in [0.2, 0.25) is 0 Å². The Balaban J connectivity index is 1.50. The number of amides is 1. The van der Waals surface area contributed by atoms with Gasteiger partial charge >= 0.3 is 0 Å². The molecule has 0 radical (unpaired) electrons. The van der Waals surface area contributed by atoms with E-state index < -0.39 is 0 Å². The van der Waals surface area contributed by atoms with Gasteiger partial charge in [0.15, 0.2) is 0 Å². The van der Waals surface area contributed by atoms with Gasteiger partial charge in [-0.3, -0.25) is 14.5 Å². The van der Waals surface area contributed by atoms with Gasteiger partial charge in [0.2, 0.25) is 16.0 Å². The molecular formula is C18H28N6O2S. The highest BCUT2D eigenvalue weighted by Gasteiger charge is 2.29. The summed E-state index contributed by atoms with van der Waals surface area (Å²) in [6.45, 7) is 12.8. The SMILES string of the molecule is CCc1cc(=O)n2nc(NCCN3CCN(C(=O)C(C)(C)C)CC3)sc2n1. The van der Waals surface area contributed by atoms with Crippen LogP contribution >= 0.6 is 11.3 Å². The number of nitrogens with one attached hydrogen (secondary N) is 1. The van der Waals surface area contributed by atoms with E-state index in [2.05, 4.69) is 20.3 Å². The molecule has 1 N–H and O–H groups in total. The average molecular weight is 393 g/mol. The van der Waals surface area contributed by atoms with E-state index in [9.17, 15) is 9.59 Å². The molecule has 0 saturated carbocycles. The fraction of sp³-hybridized carbons (Fsp3) is 0.667. The maximum atomic E-state index is 12.3. The van der Waals surface area contributed by atoms with Crippen molar-refractivity contribution in [3.63, 3.8) is 0 Å². The van der Waals surface area contributed by atoms with Crippen molar-refractivity contribution in [2.45, 2.75) is 34.1 Å². The highest BCUT2D eigenvalue weighted by atomic mass is 32.1. The molecule has 2 aromatic rings. The van der Waals surface area contributed by atoms with Crippen LogP contribution in [0.5, 0.6) is 0 Å². The topological polar surface area (TPSA) is 82.8 Å². The lowest BCUT2D eigenvalue weighted by Crippen LogP contribution is -2.52. The van der Waals surface area contributed by atoms with Gasteiger partial charge in [-0.05, 0) is 6.42 Å². The lowest BCUT2D eigenvalue weighted by molar-refractivity contribution is -0.141. The van der Waals surface area contributed by atoms with Gasteiger partial charge < -0.3 is 10.2 Å². The van der Waals surface area contributed by atoms with E-state index in [-0.39, 0.29) is 16.9 Å². The first-order valence-corrected chi connectivity index (χ1v) is 10.2. The molecule has 0 bridgehead atoms. The second-order valence-corrected chi connectivity index (χ2v) is 8.81. The van der Waals surface area contributed by atoms with Crippen LogP contribution in [0.25, 0.3) is 4.96 Å². The number of carbonyl (C=O) groups excluding carboxylic acids is 1. The van der Waals surface area contributed by atoms with Crippen LogP contribution in [0.4, 0.5) is 5.13 Å². The number of aryl methyl sites for hydroxylation is 1. The van der Waals surface area contributed by atoms with Gasteiger partial charge in [0.25, 0.3) is 5.56 Å². The van der Waals surface area contributed by atoms with E-state index in [0.29, 0.717) is 10.1 Å². The summed E-state index contributed by atoms with van der Waals surface area (Å²) >= 11 is 1.39. The normalized spacial score (nSPS) is 16.1. The molecule has 27 heavy (non-hydrogen) atoms. The Bertz CT molecular complexity index is 861. The fourth-order valence-electron chi connectivity index (χ4n) is 3.08. The summed E-state index contributed by atoms with van der Waals surface area (Å²) in [4.78, 5) is 33.8. The van der Waals surface area contributed by atoms with Gasteiger partial charge in [0.1, 0.15) is 0 Å². The van der Waals surface area contributed by atoms with Crippen molar-refractivity contribution in [3.8, 4) is 0 Å². The number of piperazine rings is 1. The summed E-state index contributed by atoms with van der Waals surface area (Å²) in [6, 6.07) is 1.54. The predicted molar refractivity (Wildman–Crippen MR) is 107 cm³/mol. The summed E-state index contributed by atoms with van der Waals surface area (Å²) in [7, 11) is 0. The van der Waals surface area contributed by atoms with Crippen LogP contribution in [0, 0.1) is 5.41 Å². The first kappa shape index (κ1) is 19.8. The monoisotopic (exact) mass is 392 g/mol. The molecule has 1 saturated heterocycles. The Kier molecular flexibility index (Phi) is 5.81. The maximum absolute atomic E-state index is 12.3. The van der Waals surface area contributed by atoms with Crippen LogP contribution < -0.4 is 10.9 Å². The standard InChI is InChI=1S/C18H28N6O2S/c1-5-13-12-14(25)24-17(20-13)27-16(21-24)19-6-7-22-8-10-23(11-9-22)15(26)18(2,3)4/h12H,5-11H2,1-4H3,(H,19,21). The number of rotatable bonds is 5. The third-order valence-corrected chi connectivity index (χ3v) is 5.53. The second-order valence-electron chi connectivity index (χ2n) is 7.85. The molecule has 0 spiro atoms. The number of aromatic nitrogens is 3. The zero-order valence-electron chi connectivity index (χ0n) is 16.5. The maximum Gasteiger partial charge on any atom is 0.275 e. The highest BCUT2D eigenvalue weighted by molar-refractivity contribution is 7.20. The number of anilines is 1. The number of carbonyl (C=O) groups is 1. The number of fused-ring (bicyclic) bond motifs is 1. The number of nitrogens with zero attached hydrogens (tertiary/aromatic N) is 5. The molecule has 2 aromatic heterocycles. The van der Waals surface area contributed by atoms with Gasteiger partial charge in [-0.2, -0.15) is 4.52 Å². The summed E-state index contributed by atoms with van der Waals surface area (Å²) in [6.07, 6.45) is 0.732. The molecule has 8 nitrogen and oxygen atoms in total. The van der Waals surface area contributed by atoms with Crippen LogP contribution in [-0.4, -0.2) is 69.6 Å². The van der Waals surface area contributed by atoms with Gasteiger partial charge in [0, 0.05) is 56.4 Å². The summed E-state index contributed by atoms with van der Waals surface area (Å²) in [5.41, 5.74) is 0.332. The fourth-order valence-corrected chi connectivity index (χ4v) is 3.93. The van der Waals surface area contributed by atoms with Gasteiger partial charge in [0.05, 0.1) is 0 Å². The molecule has 3 rings (SSSR count). The second kappa shape index (κ2) is 7.93. The van der Waals surface area contributed by atoms with E-state index in [1.807, 2.05) is 32.6 Å². The first-order valence-electron chi connectivity index (χ1n) is 9.43. The number of hydrogen-bond donors (Lipinski definition) is 1. The van der Waals surface area contributed by atoms with Crippen LogP contribution in [-0.2, 0) is 11.2 Å². The molecule has 1 aliphatic rings. The van der Waals surface area contributed by atoms with E-state index in [0.717, 1.165) is 51.4 Å². The minimum absolute atomic E-state index is 0.138. The minimum Gasteiger partial charge on any atom is -0.359 e. The average Bonchev–Trinajstić information content (AvgIpc) is 3.04. The van der Waals surface area contributed by atoms with E-state index in [1.54, 1.807) is 0 Å². The molecule has 9 heteroatoms. The lowest BCUT2D eigenvalue weighted by Gasteiger charge is -2.37. The van der Waals surface area contributed by atoms with Crippen molar-refractivity contribution in [2.24, 2.45) is 5.41 Å². The quantitative estimate of drug-likeness (QED) is 0.826. The molecule has 0 unspecified atom stereocenters. The molecule has 3 heterocycles. The van der Waals surface area contributed by atoms with E-state index in [1.165, 1.54) is 21.9 Å². The third kappa shape index (κ3) is 4.65. The Morgan fingerprint density at radius 1 is 1.26 bits per heavy atom. The first-order chi connectivity index (χ1) is 12.8. The van der Waals surface area contributed by atoms with E-state index in [4.69, 9.17) is 0 Å². The molecule has 0 aromatic carbocycles. The molecular weight excluding hydrogens is 364 g/mol. The Labute approximate surface area is 163 Å². The van der Waals surface area contributed by atoms with Crippen molar-refractivity contribution in [2.75, 3.05) is 44.6 Å². The van der Waals surface area contributed by atoms with Crippen LogP contribution in [0.1, 0.15) is 33.4 Å². The minimum atomic E-state index is -0.319. The van der Waals surface area contributed by atoms with Crippen molar-refractivity contribution in [1.82, 2.24) is 24.4 Å². The van der Waals surface area contributed by atoms with Crippen molar-refractivity contribution in [1.29, 1.82) is 0 Å². The van der Waals surface area contributed by atoms with Crippen LogP contribution in [0.3, 0.4) is 0 Å². The van der Waals surface area contributed by atoms with Crippen molar-refractivity contribution in [3.05, 3.63) is 22.1 Å². The van der Waals surface area contributed by atoms with Gasteiger partial charge in [-0.1, -0.05) is 39.0 Å². The zero-order valence-corrected chi connectivity index (χ0v) is 17.3. The molecule has 148 valence electrons. The smallest absolute Gasteiger partial charge is 0.275 e. The Morgan fingerprint density at radius 2 is 1.96 bits per heavy atom. The summed E-state index contributed by atoms with van der Waals surface area (Å²) in [5.74, 6) is 0.221. The molecule has 1 aliphatic heterocycles. The largest absolute Gasteiger partial charge is 0.359 e. The van der Waals surface area contributed by atoms with Crippen molar-refractivity contribution >= 4 is 27.3 Å². The summed E-state index contributed by atoms with van der Waals surface area (Å²) < 4.78 is 1.35. The van der Waals surface area contributed by atoms with Crippen LogP contribution in [0.15, 0.2) is 10.9 Å². The zero-order chi connectivity index (χ0) is 19.6. The third-order valence-electron chi connectivity index (χ3n) is 4.67. The molecule has 0 atom stereocenters. The van der Waals surface area contributed by atoms with Gasteiger partial charge in [-0.15, -0.1) is 5.10 Å². The lowest BCUT2D eigenvalue weighted by atomic mass is 9.94.